The molecule has 0 saturated carbocycles. The standard InChI is InChI=1S/C9H9F2NO3/c1-4-3-12-6(9(14)15-2)7(13)5(4)8(10)11/h3,8,13H,1-2H3. The van der Waals surface area contributed by atoms with Crippen molar-refractivity contribution in [1.29, 1.82) is 0 Å². The van der Waals surface area contributed by atoms with E-state index in [2.05, 4.69) is 9.72 Å². The molecule has 1 aromatic heterocycles. The van der Waals surface area contributed by atoms with Gasteiger partial charge in [-0.15, -0.1) is 0 Å². The molecule has 1 N–H and O–H groups in total. The van der Waals surface area contributed by atoms with Gasteiger partial charge in [-0.25, -0.2) is 18.6 Å². The number of pyridine rings is 1. The Morgan fingerprint density at radius 3 is 2.67 bits per heavy atom. The van der Waals surface area contributed by atoms with Crippen LogP contribution in [0, 0.1) is 6.92 Å². The molecule has 0 aromatic carbocycles. The number of nitrogens with zero attached hydrogens (tertiary/aromatic N) is 1. The third-order valence-corrected chi connectivity index (χ3v) is 1.89. The first-order chi connectivity index (χ1) is 6.99. The van der Waals surface area contributed by atoms with E-state index in [1.54, 1.807) is 0 Å². The Morgan fingerprint density at radius 2 is 2.20 bits per heavy atom. The number of hydrogen-bond acceptors (Lipinski definition) is 4. The third kappa shape index (κ3) is 2.03. The Balaban J connectivity index is 3.35. The summed E-state index contributed by atoms with van der Waals surface area (Å²) in [7, 11) is 1.07. The average Bonchev–Trinajstić information content (AvgIpc) is 2.16. The van der Waals surface area contributed by atoms with E-state index in [1.165, 1.54) is 6.92 Å². The molecule has 0 amide bonds. The molecule has 4 nitrogen and oxygen atoms in total. The van der Waals surface area contributed by atoms with E-state index in [9.17, 15) is 18.7 Å². The van der Waals surface area contributed by atoms with E-state index in [1.807, 2.05) is 0 Å². The van der Waals surface area contributed by atoms with Gasteiger partial charge in [0.15, 0.2) is 11.4 Å². The van der Waals surface area contributed by atoms with Gasteiger partial charge < -0.3 is 9.84 Å². The Labute approximate surface area is 84.5 Å². The molecule has 0 bridgehead atoms. The average molecular weight is 217 g/mol. The second-order valence-electron chi connectivity index (χ2n) is 2.84. The third-order valence-electron chi connectivity index (χ3n) is 1.89. The Hall–Kier alpha value is -1.72. The van der Waals surface area contributed by atoms with E-state index in [4.69, 9.17) is 0 Å². The van der Waals surface area contributed by atoms with Crippen molar-refractivity contribution < 1.29 is 23.4 Å². The second-order valence-corrected chi connectivity index (χ2v) is 2.84. The van der Waals surface area contributed by atoms with Crippen molar-refractivity contribution >= 4 is 5.97 Å². The molecule has 0 saturated heterocycles. The highest BCUT2D eigenvalue weighted by molar-refractivity contribution is 5.90. The van der Waals surface area contributed by atoms with Gasteiger partial charge in [-0.1, -0.05) is 0 Å². The van der Waals surface area contributed by atoms with Gasteiger partial charge in [-0.3, -0.25) is 0 Å². The molecule has 6 heteroatoms. The van der Waals surface area contributed by atoms with E-state index in [0.717, 1.165) is 13.3 Å². The number of hydrogen-bond donors (Lipinski definition) is 1. The monoisotopic (exact) mass is 217 g/mol. The molecule has 0 radical (unpaired) electrons. The largest absolute Gasteiger partial charge is 0.505 e. The molecule has 1 rings (SSSR count). The van der Waals surface area contributed by atoms with Gasteiger partial charge >= 0.3 is 5.97 Å². The van der Waals surface area contributed by atoms with Gasteiger partial charge in [0.2, 0.25) is 0 Å². The summed E-state index contributed by atoms with van der Waals surface area (Å²) in [5, 5.41) is 9.40. The number of rotatable bonds is 2. The minimum atomic E-state index is -2.86. The summed E-state index contributed by atoms with van der Waals surface area (Å²) in [6, 6.07) is 0. The lowest BCUT2D eigenvalue weighted by molar-refractivity contribution is 0.0589. The quantitative estimate of drug-likeness (QED) is 0.767. The van der Waals surface area contributed by atoms with E-state index >= 15 is 0 Å². The van der Waals surface area contributed by atoms with Gasteiger partial charge in [0.1, 0.15) is 0 Å². The maximum atomic E-state index is 12.5. The lowest BCUT2D eigenvalue weighted by Crippen LogP contribution is -2.07. The molecule has 15 heavy (non-hydrogen) atoms. The van der Waals surface area contributed by atoms with Crippen LogP contribution in [-0.4, -0.2) is 23.2 Å². The van der Waals surface area contributed by atoms with Crippen molar-refractivity contribution in [1.82, 2.24) is 4.98 Å². The lowest BCUT2D eigenvalue weighted by Gasteiger charge is -2.09. The smallest absolute Gasteiger partial charge is 0.360 e. The maximum absolute atomic E-state index is 12.5. The van der Waals surface area contributed by atoms with Crippen LogP contribution < -0.4 is 0 Å². The summed E-state index contributed by atoms with van der Waals surface area (Å²) in [6.45, 7) is 1.37. The van der Waals surface area contributed by atoms with Crippen LogP contribution in [0.15, 0.2) is 6.20 Å². The minimum absolute atomic E-state index is 0.121. The number of alkyl halides is 2. The molecule has 0 atom stereocenters. The van der Waals surface area contributed by atoms with Gasteiger partial charge in [0.25, 0.3) is 6.43 Å². The highest BCUT2D eigenvalue weighted by atomic mass is 19.3. The van der Waals surface area contributed by atoms with Crippen LogP contribution in [0.3, 0.4) is 0 Å². The van der Waals surface area contributed by atoms with E-state index in [0.29, 0.717) is 0 Å². The normalized spacial score (nSPS) is 10.5. The highest BCUT2D eigenvalue weighted by Gasteiger charge is 2.23. The van der Waals surface area contributed by atoms with Gasteiger partial charge in [-0.05, 0) is 12.5 Å². The lowest BCUT2D eigenvalue weighted by atomic mass is 10.1. The number of esters is 1. The molecule has 0 aliphatic heterocycles. The zero-order chi connectivity index (χ0) is 11.6. The van der Waals surface area contributed by atoms with Crippen molar-refractivity contribution in [2.75, 3.05) is 7.11 Å². The fourth-order valence-corrected chi connectivity index (χ4v) is 1.13. The predicted molar refractivity (Wildman–Crippen MR) is 46.9 cm³/mol. The van der Waals surface area contributed by atoms with Gasteiger partial charge in [0.05, 0.1) is 12.7 Å². The fourth-order valence-electron chi connectivity index (χ4n) is 1.13. The molecule has 1 aromatic rings. The van der Waals surface area contributed by atoms with Gasteiger partial charge in [0, 0.05) is 6.20 Å². The number of aromatic hydroxyl groups is 1. The number of aryl methyl sites for hydroxylation is 1. The zero-order valence-electron chi connectivity index (χ0n) is 8.12. The second kappa shape index (κ2) is 4.20. The van der Waals surface area contributed by atoms with Crippen LogP contribution in [0.2, 0.25) is 0 Å². The summed E-state index contributed by atoms with van der Waals surface area (Å²) < 4.78 is 29.3. The van der Waals surface area contributed by atoms with Crippen LogP contribution in [-0.2, 0) is 4.74 Å². The van der Waals surface area contributed by atoms with Crippen molar-refractivity contribution in [3.63, 3.8) is 0 Å². The number of methoxy groups -OCH3 is 1. The first kappa shape index (κ1) is 11.4. The van der Waals surface area contributed by atoms with Crippen molar-refractivity contribution in [3.05, 3.63) is 23.0 Å². The number of carbonyl (C=O) groups excluding carboxylic acids is 1. The Morgan fingerprint density at radius 1 is 1.60 bits per heavy atom. The van der Waals surface area contributed by atoms with Crippen molar-refractivity contribution in [3.8, 4) is 5.75 Å². The summed E-state index contributed by atoms with van der Waals surface area (Å²) in [4.78, 5) is 14.6. The minimum Gasteiger partial charge on any atom is -0.505 e. The van der Waals surface area contributed by atoms with Crippen molar-refractivity contribution in [2.45, 2.75) is 13.3 Å². The molecule has 0 unspecified atom stereocenters. The van der Waals surface area contributed by atoms with Crippen molar-refractivity contribution in [2.24, 2.45) is 0 Å². The molecule has 82 valence electrons. The van der Waals surface area contributed by atoms with Gasteiger partial charge in [-0.2, -0.15) is 0 Å². The first-order valence-corrected chi connectivity index (χ1v) is 4.04. The van der Waals surface area contributed by atoms with Crippen LogP contribution in [0.1, 0.15) is 28.0 Å². The van der Waals surface area contributed by atoms with E-state index in [-0.39, 0.29) is 5.56 Å². The number of aromatic nitrogens is 1. The summed E-state index contributed by atoms with van der Waals surface area (Å²) in [6.07, 6.45) is -1.77. The Kier molecular flexibility index (Phi) is 3.18. The Bertz CT molecular complexity index is 393. The first-order valence-electron chi connectivity index (χ1n) is 4.04. The summed E-state index contributed by atoms with van der Waals surface area (Å²) in [5.74, 6) is -1.77. The summed E-state index contributed by atoms with van der Waals surface area (Å²) in [5.41, 5.74) is -0.973. The summed E-state index contributed by atoms with van der Waals surface area (Å²) >= 11 is 0. The van der Waals surface area contributed by atoms with E-state index < -0.39 is 29.4 Å². The molecule has 0 aliphatic rings. The zero-order valence-corrected chi connectivity index (χ0v) is 8.12. The molecule has 1 heterocycles. The van der Waals surface area contributed by atoms with Crippen LogP contribution in [0.5, 0.6) is 5.75 Å². The molecule has 0 spiro atoms. The number of carbonyl (C=O) groups is 1. The number of halogens is 2. The topological polar surface area (TPSA) is 59.4 Å². The van der Waals surface area contributed by atoms with Crippen LogP contribution >= 0.6 is 0 Å². The predicted octanol–water partition coefficient (Wildman–Crippen LogP) is 1.82. The van der Waals surface area contributed by atoms with Crippen LogP contribution in [0.4, 0.5) is 8.78 Å². The molecular weight excluding hydrogens is 208 g/mol. The molecular formula is C9H9F2NO3. The molecule has 0 fully saturated rings. The fraction of sp³-hybridized carbons (Fsp3) is 0.333. The number of ether oxygens (including phenoxy) is 1. The molecule has 0 aliphatic carbocycles. The highest BCUT2D eigenvalue weighted by Crippen LogP contribution is 2.32. The maximum Gasteiger partial charge on any atom is 0.360 e. The SMILES string of the molecule is COC(=O)c1ncc(C)c(C(F)F)c1O. The van der Waals surface area contributed by atoms with Crippen LogP contribution in [0.25, 0.3) is 0 Å².